The van der Waals surface area contributed by atoms with Crippen molar-refractivity contribution in [3.05, 3.63) is 64.2 Å². The standard InChI is InChI=1S/C28H35N6O9PS/c29-24(36)19(12-16-8-9-17-5-1-2-6-18(17)11-16)31-26(38)22-7-3-4-10-34(22)27(39)21(14-45-15-44(41,42)43)30-23(35)13-20-25(37)33-28(40)32-20/h1-2,5-6,8-9,11,19,21-22,37H,3-4,7,10,12-15H2,(H2,29,36)(H,30,35)(H,31,38)(H2,32,33,40)(H2,41,42,43). The summed E-state index contributed by atoms with van der Waals surface area (Å²) in [6.45, 7) is 0.157. The molecular weight excluding hydrogens is 627 g/mol. The number of piperidine rings is 1. The van der Waals surface area contributed by atoms with Crippen molar-refractivity contribution in [2.75, 3.05) is 17.8 Å². The largest absolute Gasteiger partial charge is 0.493 e. The van der Waals surface area contributed by atoms with Crippen LogP contribution in [0.3, 0.4) is 0 Å². The highest BCUT2D eigenvalue weighted by Crippen LogP contribution is 2.38. The number of carbonyl (C=O) groups excluding carboxylic acids is 4. The molecule has 1 fully saturated rings. The van der Waals surface area contributed by atoms with Crippen molar-refractivity contribution in [2.45, 2.75) is 50.2 Å². The first-order valence-electron chi connectivity index (χ1n) is 14.1. The van der Waals surface area contributed by atoms with Crippen molar-refractivity contribution < 1.29 is 38.6 Å². The lowest BCUT2D eigenvalue weighted by atomic mass is 9.98. The van der Waals surface area contributed by atoms with Crippen molar-refractivity contribution in [1.82, 2.24) is 25.5 Å². The van der Waals surface area contributed by atoms with Crippen LogP contribution in [-0.4, -0.2) is 89.3 Å². The highest BCUT2D eigenvalue weighted by molar-refractivity contribution is 8.04. The summed E-state index contributed by atoms with van der Waals surface area (Å²) in [5.41, 5.74) is 4.95. The molecule has 9 N–H and O–H groups in total. The summed E-state index contributed by atoms with van der Waals surface area (Å²) >= 11 is 0.742. The van der Waals surface area contributed by atoms with Gasteiger partial charge in [0.05, 0.1) is 17.6 Å². The first kappa shape index (κ1) is 33.8. The molecule has 3 unspecified atom stereocenters. The number of aromatic amines is 2. The number of hydrogen-bond acceptors (Lipinski definition) is 8. The summed E-state index contributed by atoms with van der Waals surface area (Å²) in [5, 5.41) is 16.9. The van der Waals surface area contributed by atoms with E-state index in [2.05, 4.69) is 20.6 Å². The SMILES string of the molecule is NC(=O)C(Cc1ccc2ccccc2c1)NC(=O)C1CCCCN1C(=O)C(CSCP(=O)(O)O)NC(=O)Cc1[nH]c(=O)[nH]c1O. The Morgan fingerprint density at radius 3 is 2.44 bits per heavy atom. The average molecular weight is 663 g/mol. The normalized spacial score (nSPS) is 16.6. The van der Waals surface area contributed by atoms with E-state index in [4.69, 9.17) is 5.73 Å². The smallest absolute Gasteiger partial charge is 0.335 e. The lowest BCUT2D eigenvalue weighted by Gasteiger charge is -2.37. The number of nitrogens with one attached hydrogen (secondary N) is 4. The molecule has 17 heteroatoms. The minimum atomic E-state index is -4.43. The molecule has 2 heterocycles. The van der Waals surface area contributed by atoms with Gasteiger partial charge >= 0.3 is 13.3 Å². The monoisotopic (exact) mass is 662 g/mol. The van der Waals surface area contributed by atoms with E-state index in [-0.39, 0.29) is 30.8 Å². The van der Waals surface area contributed by atoms with Crippen LogP contribution in [0.5, 0.6) is 5.88 Å². The molecule has 1 aromatic heterocycles. The van der Waals surface area contributed by atoms with E-state index in [0.29, 0.717) is 12.8 Å². The van der Waals surface area contributed by atoms with Crippen LogP contribution in [0.2, 0.25) is 0 Å². The fourth-order valence-corrected chi connectivity index (χ4v) is 7.00. The molecule has 242 valence electrons. The van der Waals surface area contributed by atoms with Crippen molar-refractivity contribution in [3.8, 4) is 5.88 Å². The zero-order valence-electron chi connectivity index (χ0n) is 24.1. The number of aromatic hydroxyl groups is 1. The van der Waals surface area contributed by atoms with E-state index in [1.165, 1.54) is 4.90 Å². The predicted molar refractivity (Wildman–Crippen MR) is 166 cm³/mol. The van der Waals surface area contributed by atoms with E-state index >= 15 is 0 Å². The number of thioether (sulfide) groups is 1. The summed E-state index contributed by atoms with van der Waals surface area (Å²) in [7, 11) is -4.43. The third-order valence-corrected chi connectivity index (χ3v) is 9.94. The predicted octanol–water partition coefficient (Wildman–Crippen LogP) is 0.0514. The maximum absolute atomic E-state index is 13.8. The van der Waals surface area contributed by atoms with Crippen molar-refractivity contribution >= 4 is 53.8 Å². The summed E-state index contributed by atoms with van der Waals surface area (Å²) in [6.07, 6.45) is 1.06. The first-order valence-corrected chi connectivity index (χ1v) is 17.1. The number of H-pyrrole nitrogens is 2. The van der Waals surface area contributed by atoms with Gasteiger partial charge in [-0.2, -0.15) is 0 Å². The molecule has 3 aromatic rings. The summed E-state index contributed by atoms with van der Waals surface area (Å²) < 4.78 is 11.4. The number of hydrogen-bond donors (Lipinski definition) is 8. The van der Waals surface area contributed by atoms with Crippen molar-refractivity contribution in [3.63, 3.8) is 0 Å². The fourth-order valence-electron chi connectivity index (χ4n) is 5.17. The summed E-state index contributed by atoms with van der Waals surface area (Å²) in [6, 6.07) is 9.95. The molecule has 1 saturated heterocycles. The van der Waals surface area contributed by atoms with E-state index in [9.17, 15) is 43.4 Å². The molecular formula is C28H35N6O9PS. The Bertz CT molecular complexity index is 1670. The van der Waals surface area contributed by atoms with Crippen molar-refractivity contribution in [1.29, 1.82) is 0 Å². The third-order valence-electron chi connectivity index (χ3n) is 7.30. The minimum Gasteiger partial charge on any atom is -0.493 e. The Balaban J connectivity index is 1.49. The van der Waals surface area contributed by atoms with E-state index < -0.39 is 72.8 Å². The number of primary amides is 1. The molecule has 15 nitrogen and oxygen atoms in total. The Morgan fingerprint density at radius 1 is 1.04 bits per heavy atom. The van der Waals surface area contributed by atoms with Gasteiger partial charge < -0.3 is 41.1 Å². The van der Waals surface area contributed by atoms with Gasteiger partial charge in [0.2, 0.25) is 29.5 Å². The van der Waals surface area contributed by atoms with Crippen molar-refractivity contribution in [2.24, 2.45) is 5.73 Å². The van der Waals surface area contributed by atoms with Crippen LogP contribution >= 0.6 is 19.4 Å². The summed E-state index contributed by atoms with van der Waals surface area (Å²) in [4.78, 5) is 88.1. The van der Waals surface area contributed by atoms with Gasteiger partial charge in [-0.15, -0.1) is 11.8 Å². The second-order valence-electron chi connectivity index (χ2n) is 10.8. The number of nitrogens with zero attached hydrogens (tertiary/aromatic N) is 1. The Kier molecular flexibility index (Phi) is 11.1. The number of imidazole rings is 1. The van der Waals surface area contributed by atoms with Crippen LogP contribution < -0.4 is 22.1 Å². The van der Waals surface area contributed by atoms with Gasteiger partial charge in [0.25, 0.3) is 0 Å². The maximum atomic E-state index is 13.8. The number of fused-ring (bicyclic) bond motifs is 1. The number of benzene rings is 2. The van der Waals surface area contributed by atoms with Gasteiger partial charge in [0.15, 0.2) is 0 Å². The van der Waals surface area contributed by atoms with Gasteiger partial charge in [0.1, 0.15) is 18.1 Å². The number of aromatic nitrogens is 2. The molecule has 0 aliphatic carbocycles. The van der Waals surface area contributed by atoms with Gasteiger partial charge in [-0.1, -0.05) is 42.5 Å². The molecule has 45 heavy (non-hydrogen) atoms. The second-order valence-corrected chi connectivity index (χ2v) is 13.9. The number of carbonyl (C=O) groups is 4. The van der Waals surface area contributed by atoms with Crippen LogP contribution in [0, 0.1) is 0 Å². The topological polar surface area (TPSA) is 248 Å². The van der Waals surface area contributed by atoms with Gasteiger partial charge in [0, 0.05) is 18.7 Å². The minimum absolute atomic E-state index is 0.120. The number of likely N-dealkylation sites (tertiary alicyclic amines) is 1. The number of rotatable bonds is 13. The van der Waals surface area contributed by atoms with E-state index in [1.807, 2.05) is 42.5 Å². The zero-order valence-corrected chi connectivity index (χ0v) is 25.8. The highest BCUT2D eigenvalue weighted by atomic mass is 32.2. The molecule has 1 aliphatic heterocycles. The van der Waals surface area contributed by atoms with Gasteiger partial charge in [-0.3, -0.25) is 28.7 Å². The lowest BCUT2D eigenvalue weighted by Crippen LogP contribution is -2.60. The van der Waals surface area contributed by atoms with Gasteiger partial charge in [-0.25, -0.2) is 4.79 Å². The van der Waals surface area contributed by atoms with Gasteiger partial charge in [-0.05, 0) is 35.6 Å². The number of nitrogens with two attached hydrogens (primary N) is 1. The molecule has 0 spiro atoms. The highest BCUT2D eigenvalue weighted by Gasteiger charge is 2.37. The Labute approximate surface area is 261 Å². The Morgan fingerprint density at radius 2 is 1.78 bits per heavy atom. The van der Waals surface area contributed by atoms with Crippen LogP contribution in [0.15, 0.2) is 47.3 Å². The quantitative estimate of drug-likeness (QED) is 0.114. The third kappa shape index (κ3) is 9.44. The van der Waals surface area contributed by atoms with E-state index in [1.54, 1.807) is 0 Å². The molecule has 4 amide bonds. The molecule has 0 radical (unpaired) electrons. The van der Waals surface area contributed by atoms with Crippen LogP contribution in [-0.2, 0) is 36.6 Å². The Hall–Kier alpha value is -4.11. The maximum Gasteiger partial charge on any atom is 0.335 e. The lowest BCUT2D eigenvalue weighted by molar-refractivity contribution is -0.145. The first-order chi connectivity index (χ1) is 21.3. The van der Waals surface area contributed by atoms with Crippen LogP contribution in [0.1, 0.15) is 30.5 Å². The van der Waals surface area contributed by atoms with Crippen LogP contribution in [0.4, 0.5) is 0 Å². The number of amides is 4. The summed E-state index contributed by atoms with van der Waals surface area (Å²) in [5.74, 6) is -3.57. The van der Waals surface area contributed by atoms with E-state index in [0.717, 1.165) is 28.1 Å². The molecule has 0 bridgehead atoms. The second kappa shape index (κ2) is 14.8. The fraction of sp³-hybridized carbons (Fsp3) is 0.393. The van der Waals surface area contributed by atoms with Crippen LogP contribution in [0.25, 0.3) is 10.8 Å². The molecule has 0 saturated carbocycles. The molecule has 1 aliphatic rings. The average Bonchev–Trinajstić information content (AvgIpc) is 3.30. The molecule has 3 atom stereocenters. The molecule has 2 aromatic carbocycles. The zero-order chi connectivity index (χ0) is 32.7. The molecule has 4 rings (SSSR count).